The van der Waals surface area contributed by atoms with Crippen LogP contribution in [0.2, 0.25) is 0 Å². The van der Waals surface area contributed by atoms with E-state index in [1.807, 2.05) is 13.8 Å². The number of benzene rings is 1. The minimum Gasteiger partial charge on any atom is -0.480 e. The molecule has 6 atom stereocenters. The molecule has 1 saturated heterocycles. The zero-order valence-corrected chi connectivity index (χ0v) is 26.9. The van der Waals surface area contributed by atoms with Gasteiger partial charge in [-0.1, -0.05) is 44.2 Å². The van der Waals surface area contributed by atoms with Gasteiger partial charge in [-0.05, 0) is 44.1 Å². The number of primary amides is 1. The summed E-state index contributed by atoms with van der Waals surface area (Å²) >= 11 is 0. The lowest BCUT2D eigenvalue weighted by atomic mass is 10.00. The van der Waals surface area contributed by atoms with E-state index in [0.717, 1.165) is 4.90 Å². The number of carbonyl (C=O) groups excluding carboxylic acids is 6. The number of amides is 6. The van der Waals surface area contributed by atoms with Gasteiger partial charge >= 0.3 is 5.97 Å². The van der Waals surface area contributed by atoms with Crippen molar-refractivity contribution in [3.63, 3.8) is 0 Å². The van der Waals surface area contributed by atoms with E-state index in [9.17, 15) is 43.8 Å². The number of likely N-dealkylation sites (tertiary alicyclic amines) is 1. The first-order valence-corrected chi connectivity index (χ1v) is 15.6. The Morgan fingerprint density at radius 1 is 0.894 bits per heavy atom. The first-order chi connectivity index (χ1) is 22.1. The summed E-state index contributed by atoms with van der Waals surface area (Å²) in [7, 11) is 0. The molecule has 0 bridgehead atoms. The van der Waals surface area contributed by atoms with Crippen LogP contribution in [0, 0.1) is 5.92 Å². The molecule has 47 heavy (non-hydrogen) atoms. The number of nitrogens with one attached hydrogen (secondary N) is 4. The third kappa shape index (κ3) is 12.6. The average Bonchev–Trinajstić information content (AvgIpc) is 3.51. The molecule has 0 aromatic heterocycles. The average molecular weight is 662 g/mol. The van der Waals surface area contributed by atoms with Crippen LogP contribution in [-0.2, 0) is 40.0 Å². The fraction of sp³-hybridized carbons (Fsp3) is 0.581. The minimum atomic E-state index is -1.35. The lowest BCUT2D eigenvalue weighted by Gasteiger charge is -2.27. The largest absolute Gasteiger partial charge is 0.480 e. The molecule has 1 heterocycles. The molecule has 2 rings (SSSR count). The highest BCUT2D eigenvalue weighted by molar-refractivity contribution is 5.96. The van der Waals surface area contributed by atoms with E-state index in [1.165, 1.54) is 6.92 Å². The van der Waals surface area contributed by atoms with Gasteiger partial charge < -0.3 is 47.8 Å². The third-order valence-corrected chi connectivity index (χ3v) is 7.66. The van der Waals surface area contributed by atoms with Crippen molar-refractivity contribution in [2.75, 3.05) is 13.1 Å². The fourth-order valence-electron chi connectivity index (χ4n) is 5.06. The molecule has 260 valence electrons. The monoisotopic (exact) mass is 661 g/mol. The molecule has 1 aromatic carbocycles. The van der Waals surface area contributed by atoms with E-state index >= 15 is 0 Å². The second kappa shape index (κ2) is 18.5. The number of nitrogens with two attached hydrogens (primary N) is 2. The summed E-state index contributed by atoms with van der Waals surface area (Å²) < 4.78 is 0. The van der Waals surface area contributed by atoms with Crippen molar-refractivity contribution in [1.29, 1.82) is 0 Å². The summed E-state index contributed by atoms with van der Waals surface area (Å²) in [5, 5.41) is 29.2. The quantitative estimate of drug-likeness (QED) is 0.0849. The maximum atomic E-state index is 13.7. The molecule has 0 unspecified atom stereocenters. The maximum absolute atomic E-state index is 13.7. The Labute approximate surface area is 273 Å². The summed E-state index contributed by atoms with van der Waals surface area (Å²) in [6.07, 6.45) is -0.738. The van der Waals surface area contributed by atoms with Gasteiger partial charge in [0.15, 0.2) is 0 Å². The number of nitrogens with zero attached hydrogens (tertiary/aromatic N) is 1. The lowest BCUT2D eigenvalue weighted by molar-refractivity contribution is -0.148. The highest BCUT2D eigenvalue weighted by atomic mass is 16.4. The van der Waals surface area contributed by atoms with Crippen LogP contribution in [-0.4, -0.2) is 106 Å². The van der Waals surface area contributed by atoms with Gasteiger partial charge in [-0.2, -0.15) is 0 Å². The number of aliphatic hydroxyl groups is 1. The van der Waals surface area contributed by atoms with Crippen LogP contribution in [0.15, 0.2) is 30.3 Å². The number of hydrogen-bond acceptors (Lipinski definition) is 9. The van der Waals surface area contributed by atoms with Gasteiger partial charge in [-0.3, -0.25) is 28.8 Å². The molecule has 10 N–H and O–H groups in total. The molecule has 0 spiro atoms. The van der Waals surface area contributed by atoms with Gasteiger partial charge in [-0.15, -0.1) is 0 Å². The molecule has 16 heteroatoms. The predicted molar refractivity (Wildman–Crippen MR) is 169 cm³/mol. The third-order valence-electron chi connectivity index (χ3n) is 7.66. The van der Waals surface area contributed by atoms with Crippen molar-refractivity contribution < 1.29 is 43.8 Å². The molecule has 0 radical (unpaired) electrons. The van der Waals surface area contributed by atoms with Crippen molar-refractivity contribution in [1.82, 2.24) is 26.2 Å². The molecule has 1 aliphatic rings. The van der Waals surface area contributed by atoms with Crippen LogP contribution in [0.4, 0.5) is 0 Å². The Hall–Kier alpha value is -4.57. The van der Waals surface area contributed by atoms with E-state index in [-0.39, 0.29) is 44.6 Å². The van der Waals surface area contributed by atoms with E-state index in [1.54, 1.807) is 30.3 Å². The van der Waals surface area contributed by atoms with Crippen molar-refractivity contribution >= 4 is 41.4 Å². The van der Waals surface area contributed by atoms with Crippen molar-refractivity contribution in [3.8, 4) is 0 Å². The maximum Gasteiger partial charge on any atom is 0.326 e. The number of aliphatic carboxylic acids is 1. The summed E-state index contributed by atoms with van der Waals surface area (Å²) in [5.41, 5.74) is 11.7. The molecule has 1 aliphatic heterocycles. The Morgan fingerprint density at radius 3 is 2.06 bits per heavy atom. The molecule has 0 saturated carbocycles. The van der Waals surface area contributed by atoms with E-state index in [0.29, 0.717) is 12.0 Å². The number of hydrogen-bond donors (Lipinski definition) is 8. The first-order valence-electron chi connectivity index (χ1n) is 15.6. The van der Waals surface area contributed by atoms with E-state index < -0.39 is 84.3 Å². The standard InChI is InChI=1S/C31H47N7O9/c1-17(2)14-21(37-30(45)26(33)18(3)39)28(43)36-22(15-19-8-5-4-6-9-19)29(44)35-20(11-12-24(32)40)27(42)34-16-25(41)38-13-7-10-23(38)31(46)47/h4-6,8-9,17-18,20-23,26,39H,7,10-16,33H2,1-3H3,(H2,32,40)(H,34,42)(H,35,44)(H,36,43)(H,37,45)(H,46,47)/t18-,20+,21+,22+,23+,26+/m1/s1. The van der Waals surface area contributed by atoms with Crippen LogP contribution < -0.4 is 32.7 Å². The SMILES string of the molecule is CC(C)C[C@H](NC(=O)[C@@H](N)[C@@H](C)O)C(=O)N[C@@H](Cc1ccccc1)C(=O)N[C@@H](CCC(N)=O)C(=O)NCC(=O)N1CCC[C@H]1C(=O)O. The molecule has 1 aromatic rings. The predicted octanol–water partition coefficient (Wildman–Crippen LogP) is -2.10. The highest BCUT2D eigenvalue weighted by Gasteiger charge is 2.35. The van der Waals surface area contributed by atoms with Crippen molar-refractivity contribution in [3.05, 3.63) is 35.9 Å². The molecule has 1 fully saturated rings. The van der Waals surface area contributed by atoms with E-state index in [4.69, 9.17) is 11.5 Å². The van der Waals surface area contributed by atoms with Crippen LogP contribution in [0.1, 0.15) is 58.4 Å². The Balaban J connectivity index is 2.25. The van der Waals surface area contributed by atoms with Gasteiger partial charge in [0.05, 0.1) is 12.6 Å². The summed E-state index contributed by atoms with van der Waals surface area (Å²) in [6.45, 7) is 4.67. The Bertz CT molecular complexity index is 1280. The number of carboxylic acids is 1. The van der Waals surface area contributed by atoms with Gasteiger partial charge in [0.25, 0.3) is 0 Å². The van der Waals surface area contributed by atoms with Crippen molar-refractivity contribution in [2.24, 2.45) is 17.4 Å². The zero-order chi connectivity index (χ0) is 35.3. The van der Waals surface area contributed by atoms with Crippen LogP contribution in [0.3, 0.4) is 0 Å². The number of aliphatic hydroxyl groups excluding tert-OH is 1. The highest BCUT2D eigenvalue weighted by Crippen LogP contribution is 2.17. The first kappa shape index (κ1) is 38.6. The minimum absolute atomic E-state index is 0.0118. The Kier molecular flexibility index (Phi) is 15.2. The summed E-state index contributed by atoms with van der Waals surface area (Å²) in [4.78, 5) is 89.8. The normalized spacial score (nSPS) is 17.5. The number of rotatable bonds is 18. The number of carbonyl (C=O) groups is 7. The van der Waals surface area contributed by atoms with E-state index in [2.05, 4.69) is 21.3 Å². The molecular weight excluding hydrogens is 614 g/mol. The van der Waals surface area contributed by atoms with Gasteiger partial charge in [-0.25, -0.2) is 4.79 Å². The van der Waals surface area contributed by atoms with Gasteiger partial charge in [0, 0.05) is 19.4 Å². The molecule has 0 aliphatic carbocycles. The van der Waals surface area contributed by atoms with Crippen LogP contribution in [0.25, 0.3) is 0 Å². The van der Waals surface area contributed by atoms with Crippen LogP contribution in [0.5, 0.6) is 0 Å². The van der Waals surface area contributed by atoms with Crippen LogP contribution >= 0.6 is 0 Å². The topological polar surface area (TPSA) is 263 Å². The molecule has 16 nitrogen and oxygen atoms in total. The second-order valence-corrected chi connectivity index (χ2v) is 12.1. The molecule has 6 amide bonds. The fourth-order valence-corrected chi connectivity index (χ4v) is 5.06. The Morgan fingerprint density at radius 2 is 1.49 bits per heavy atom. The second-order valence-electron chi connectivity index (χ2n) is 12.1. The van der Waals surface area contributed by atoms with Gasteiger partial charge in [0.2, 0.25) is 35.4 Å². The zero-order valence-electron chi connectivity index (χ0n) is 26.9. The lowest BCUT2D eigenvalue weighted by Crippen LogP contribution is -2.59. The molecular formula is C31H47N7O9. The van der Waals surface area contributed by atoms with Gasteiger partial charge in [0.1, 0.15) is 30.2 Å². The smallest absolute Gasteiger partial charge is 0.326 e. The summed E-state index contributed by atoms with van der Waals surface area (Å²) in [5.74, 6) is -5.65. The number of carboxylic acid groups (broad SMARTS) is 1. The van der Waals surface area contributed by atoms with Crippen molar-refractivity contribution in [2.45, 2.75) is 95.6 Å². The summed E-state index contributed by atoms with van der Waals surface area (Å²) in [6, 6.07) is 2.69.